The largest absolute Gasteiger partial charge is 0.361 e. The molecule has 1 saturated carbocycles. The highest BCUT2D eigenvalue weighted by atomic mass is 15.4. The molecule has 4 rings (SSSR count). The smallest absolute Gasteiger partial charge is 0.132 e. The number of benzene rings is 1. The fraction of sp³-hybridized carbons (Fsp3) is 0.357. The van der Waals surface area contributed by atoms with Crippen LogP contribution in [0.15, 0.2) is 36.5 Å². The van der Waals surface area contributed by atoms with Crippen molar-refractivity contribution in [1.29, 1.82) is 0 Å². The molecule has 1 aromatic heterocycles. The van der Waals surface area contributed by atoms with E-state index in [0.717, 1.165) is 0 Å². The van der Waals surface area contributed by atoms with E-state index in [9.17, 15) is 0 Å². The lowest BCUT2D eigenvalue weighted by Crippen LogP contribution is -2.42. The SMILES string of the molecule is c1ccc2c(c1)NC1(CCCC1)n1nccc1-2. The normalized spacial score (nSPS) is 19.8. The zero-order valence-electron chi connectivity index (χ0n) is 9.69. The lowest BCUT2D eigenvalue weighted by molar-refractivity contribution is 0.309. The molecule has 2 aliphatic rings. The van der Waals surface area contributed by atoms with Crippen molar-refractivity contribution in [2.45, 2.75) is 31.3 Å². The average molecular weight is 225 g/mol. The molecule has 0 bridgehead atoms. The summed E-state index contributed by atoms with van der Waals surface area (Å²) in [5, 5.41) is 8.26. The van der Waals surface area contributed by atoms with Gasteiger partial charge >= 0.3 is 0 Å². The highest BCUT2D eigenvalue weighted by molar-refractivity contribution is 5.78. The van der Waals surface area contributed by atoms with Crippen LogP contribution in [0.4, 0.5) is 5.69 Å². The van der Waals surface area contributed by atoms with E-state index in [1.54, 1.807) is 0 Å². The number of anilines is 1. The fourth-order valence-electron chi connectivity index (χ4n) is 3.26. The minimum atomic E-state index is 0.0349. The number of nitrogens with one attached hydrogen (secondary N) is 1. The summed E-state index contributed by atoms with van der Waals surface area (Å²) in [5.74, 6) is 0. The van der Waals surface area contributed by atoms with Crippen molar-refractivity contribution in [3.63, 3.8) is 0 Å². The summed E-state index contributed by atoms with van der Waals surface area (Å²) in [4.78, 5) is 0. The Morgan fingerprint density at radius 1 is 1.12 bits per heavy atom. The Hall–Kier alpha value is -1.77. The molecule has 2 heterocycles. The van der Waals surface area contributed by atoms with Gasteiger partial charge in [-0.25, -0.2) is 4.68 Å². The second kappa shape index (κ2) is 3.13. The van der Waals surface area contributed by atoms with Crippen molar-refractivity contribution >= 4 is 5.69 Å². The van der Waals surface area contributed by atoms with Crippen LogP contribution in [-0.2, 0) is 5.66 Å². The van der Waals surface area contributed by atoms with Gasteiger partial charge in [-0.05, 0) is 37.8 Å². The molecule has 0 amide bonds. The third-order valence-corrected chi connectivity index (χ3v) is 4.05. The van der Waals surface area contributed by atoms with Crippen molar-refractivity contribution in [1.82, 2.24) is 9.78 Å². The Bertz CT molecular complexity index is 564. The highest BCUT2D eigenvalue weighted by Crippen LogP contribution is 2.45. The molecule has 86 valence electrons. The van der Waals surface area contributed by atoms with Crippen LogP contribution in [0.3, 0.4) is 0 Å². The summed E-state index contributed by atoms with van der Waals surface area (Å²) >= 11 is 0. The first-order chi connectivity index (χ1) is 8.39. The van der Waals surface area contributed by atoms with E-state index in [4.69, 9.17) is 0 Å². The van der Waals surface area contributed by atoms with Gasteiger partial charge in [0.1, 0.15) is 5.66 Å². The number of para-hydroxylation sites is 1. The van der Waals surface area contributed by atoms with Gasteiger partial charge in [0.15, 0.2) is 0 Å². The Kier molecular flexibility index (Phi) is 1.71. The zero-order chi connectivity index (χ0) is 11.3. The van der Waals surface area contributed by atoms with Crippen molar-refractivity contribution in [2.24, 2.45) is 0 Å². The lowest BCUT2D eigenvalue weighted by Gasteiger charge is -2.38. The molecule has 1 aromatic carbocycles. The number of fused-ring (bicyclic) bond motifs is 4. The van der Waals surface area contributed by atoms with Crippen LogP contribution in [0.2, 0.25) is 0 Å². The highest BCUT2D eigenvalue weighted by Gasteiger charge is 2.40. The molecule has 0 atom stereocenters. The Labute approximate surface area is 100 Å². The van der Waals surface area contributed by atoms with Crippen LogP contribution < -0.4 is 5.32 Å². The van der Waals surface area contributed by atoms with Crippen molar-refractivity contribution in [2.75, 3.05) is 5.32 Å². The van der Waals surface area contributed by atoms with Gasteiger partial charge in [-0.1, -0.05) is 18.2 Å². The predicted molar refractivity (Wildman–Crippen MR) is 67.7 cm³/mol. The summed E-state index contributed by atoms with van der Waals surface area (Å²) in [7, 11) is 0. The Balaban J connectivity index is 1.98. The second-order valence-corrected chi connectivity index (χ2v) is 5.04. The van der Waals surface area contributed by atoms with Gasteiger partial charge in [0.2, 0.25) is 0 Å². The Morgan fingerprint density at radius 2 is 1.94 bits per heavy atom. The van der Waals surface area contributed by atoms with Crippen molar-refractivity contribution in [3.8, 4) is 11.3 Å². The summed E-state index contributed by atoms with van der Waals surface area (Å²) in [6, 6.07) is 10.6. The second-order valence-electron chi connectivity index (χ2n) is 5.04. The topological polar surface area (TPSA) is 29.9 Å². The van der Waals surface area contributed by atoms with Gasteiger partial charge in [0.05, 0.1) is 5.69 Å². The molecule has 0 unspecified atom stereocenters. The van der Waals surface area contributed by atoms with Crippen LogP contribution in [0.5, 0.6) is 0 Å². The summed E-state index contributed by atoms with van der Waals surface area (Å²) in [5.41, 5.74) is 3.80. The number of rotatable bonds is 0. The number of aromatic nitrogens is 2. The molecule has 0 radical (unpaired) electrons. The molecular weight excluding hydrogens is 210 g/mol. The van der Waals surface area contributed by atoms with Crippen LogP contribution in [0.1, 0.15) is 25.7 Å². The molecule has 0 saturated heterocycles. The van der Waals surface area contributed by atoms with Gasteiger partial charge in [-0.2, -0.15) is 5.10 Å². The summed E-state index contributed by atoms with van der Waals surface area (Å²) in [6.07, 6.45) is 6.84. The molecule has 17 heavy (non-hydrogen) atoms. The lowest BCUT2D eigenvalue weighted by atomic mass is 10.00. The first kappa shape index (κ1) is 9.28. The molecule has 1 N–H and O–H groups in total. The third kappa shape index (κ3) is 1.14. The molecule has 2 aromatic rings. The molecule has 1 aliphatic carbocycles. The van der Waals surface area contributed by atoms with Gasteiger partial charge in [0, 0.05) is 17.4 Å². The predicted octanol–water partition coefficient (Wildman–Crippen LogP) is 3.20. The third-order valence-electron chi connectivity index (χ3n) is 4.05. The fourth-order valence-corrected chi connectivity index (χ4v) is 3.26. The average Bonchev–Trinajstić information content (AvgIpc) is 2.99. The van der Waals surface area contributed by atoms with Crippen LogP contribution in [0.25, 0.3) is 11.3 Å². The van der Waals surface area contributed by atoms with Crippen molar-refractivity contribution in [3.05, 3.63) is 36.5 Å². The van der Waals surface area contributed by atoms with Gasteiger partial charge in [-0.3, -0.25) is 0 Å². The van der Waals surface area contributed by atoms with E-state index in [-0.39, 0.29) is 5.66 Å². The van der Waals surface area contributed by atoms with Gasteiger partial charge in [-0.15, -0.1) is 0 Å². The first-order valence-corrected chi connectivity index (χ1v) is 6.31. The Morgan fingerprint density at radius 3 is 2.82 bits per heavy atom. The maximum atomic E-state index is 4.55. The van der Waals surface area contributed by atoms with Gasteiger partial charge < -0.3 is 5.32 Å². The van der Waals surface area contributed by atoms with E-state index in [2.05, 4.69) is 45.4 Å². The van der Waals surface area contributed by atoms with Crippen LogP contribution >= 0.6 is 0 Å². The number of hydrogen-bond donors (Lipinski definition) is 1. The monoisotopic (exact) mass is 225 g/mol. The minimum absolute atomic E-state index is 0.0349. The molecule has 1 aliphatic heterocycles. The summed E-state index contributed by atoms with van der Waals surface area (Å²) < 4.78 is 2.20. The van der Waals surface area contributed by atoms with E-state index >= 15 is 0 Å². The minimum Gasteiger partial charge on any atom is -0.361 e. The van der Waals surface area contributed by atoms with Crippen LogP contribution in [-0.4, -0.2) is 9.78 Å². The van der Waals surface area contributed by atoms with Crippen molar-refractivity contribution < 1.29 is 0 Å². The quantitative estimate of drug-likeness (QED) is 0.746. The molecule has 1 spiro atoms. The summed E-state index contributed by atoms with van der Waals surface area (Å²) in [6.45, 7) is 0. The molecule has 3 nitrogen and oxygen atoms in total. The molecule has 1 fully saturated rings. The standard InChI is InChI=1S/C14H15N3/c1-2-6-12-11(5-1)13-7-10-15-17(13)14(16-12)8-3-4-9-14/h1-2,5-7,10,16H,3-4,8-9H2. The zero-order valence-corrected chi connectivity index (χ0v) is 9.69. The van der Waals surface area contributed by atoms with E-state index in [1.165, 1.54) is 42.6 Å². The molecule has 3 heteroatoms. The maximum Gasteiger partial charge on any atom is 0.132 e. The van der Waals surface area contributed by atoms with E-state index < -0.39 is 0 Å². The van der Waals surface area contributed by atoms with Crippen LogP contribution in [0, 0.1) is 0 Å². The molecular formula is C14H15N3. The first-order valence-electron chi connectivity index (χ1n) is 6.31. The van der Waals surface area contributed by atoms with E-state index in [0.29, 0.717) is 0 Å². The maximum absolute atomic E-state index is 4.55. The number of hydrogen-bond acceptors (Lipinski definition) is 2. The van der Waals surface area contributed by atoms with Gasteiger partial charge in [0.25, 0.3) is 0 Å². The van der Waals surface area contributed by atoms with E-state index in [1.807, 2.05) is 6.20 Å². The number of nitrogens with zero attached hydrogens (tertiary/aromatic N) is 2.